The highest BCUT2D eigenvalue weighted by Gasteiger charge is 2.27. The molecule has 0 aliphatic carbocycles. The average molecular weight is 306 g/mol. The zero-order valence-corrected chi connectivity index (χ0v) is 12.6. The number of sulfonamides is 1. The number of hydrogen-bond acceptors (Lipinski definition) is 5. The van der Waals surface area contributed by atoms with Crippen molar-refractivity contribution in [3.63, 3.8) is 0 Å². The van der Waals surface area contributed by atoms with Crippen LogP contribution in [0, 0.1) is 0 Å². The Balaban J connectivity index is 3.00. The minimum Gasteiger partial charge on any atom is -0.383 e. The molecule has 1 aromatic rings. The van der Waals surface area contributed by atoms with Gasteiger partial charge < -0.3 is 10.5 Å². The number of carbonyl (C=O) groups excluding carboxylic acids is 1. The maximum absolute atomic E-state index is 12.4. The van der Waals surface area contributed by atoms with Crippen LogP contribution in [0.25, 0.3) is 0 Å². The van der Waals surface area contributed by atoms with Crippen molar-refractivity contribution in [2.45, 2.75) is 17.6 Å². The number of carbonyl (C=O) groups is 1. The van der Waals surface area contributed by atoms with Gasteiger partial charge in [-0.1, -0.05) is 6.92 Å². The number of nitrogens with two attached hydrogens (primary N) is 1. The molecule has 0 fully saturated rings. The van der Waals surface area contributed by atoms with E-state index in [0.717, 1.165) is 15.6 Å². The van der Waals surface area contributed by atoms with Crippen LogP contribution < -0.4 is 5.73 Å². The molecule has 1 aromatic heterocycles. The molecule has 0 saturated carbocycles. The molecule has 0 atom stereocenters. The first-order valence-electron chi connectivity index (χ1n) is 5.78. The van der Waals surface area contributed by atoms with Gasteiger partial charge in [-0.2, -0.15) is 4.31 Å². The van der Waals surface area contributed by atoms with Crippen LogP contribution in [0.4, 0.5) is 0 Å². The largest absolute Gasteiger partial charge is 0.383 e. The van der Waals surface area contributed by atoms with E-state index in [0.29, 0.717) is 0 Å². The topological polar surface area (TPSA) is 89.7 Å². The minimum atomic E-state index is -3.69. The van der Waals surface area contributed by atoms with E-state index in [2.05, 4.69) is 0 Å². The fourth-order valence-electron chi connectivity index (χ4n) is 1.47. The first kappa shape index (κ1) is 16.1. The number of aryl methyl sites for hydroxylation is 1. The fraction of sp³-hybridized carbons (Fsp3) is 0.545. The van der Waals surface area contributed by atoms with Crippen molar-refractivity contribution >= 4 is 27.3 Å². The summed E-state index contributed by atoms with van der Waals surface area (Å²) < 4.78 is 30.9. The molecule has 6 nitrogen and oxygen atoms in total. The van der Waals surface area contributed by atoms with E-state index in [1.165, 1.54) is 18.4 Å². The van der Waals surface area contributed by atoms with E-state index in [1.807, 2.05) is 6.92 Å². The number of methoxy groups -OCH3 is 1. The number of ether oxygens (including phenoxy) is 1. The highest BCUT2D eigenvalue weighted by Crippen LogP contribution is 2.25. The Morgan fingerprint density at radius 1 is 1.47 bits per heavy atom. The Labute approximate surface area is 117 Å². The first-order chi connectivity index (χ1) is 8.91. The van der Waals surface area contributed by atoms with Gasteiger partial charge in [0, 0.05) is 18.5 Å². The molecule has 0 bridgehead atoms. The van der Waals surface area contributed by atoms with Gasteiger partial charge in [-0.25, -0.2) is 8.42 Å². The van der Waals surface area contributed by atoms with Gasteiger partial charge in [-0.15, -0.1) is 11.3 Å². The number of primary amides is 1. The molecule has 1 heterocycles. The Hall–Kier alpha value is -0.960. The van der Waals surface area contributed by atoms with Crippen molar-refractivity contribution in [1.29, 1.82) is 0 Å². The molecule has 8 heteroatoms. The highest BCUT2D eigenvalue weighted by atomic mass is 32.2. The van der Waals surface area contributed by atoms with Crippen LogP contribution in [0.1, 0.15) is 11.8 Å². The predicted octanol–water partition coefficient (Wildman–Crippen LogP) is 0.433. The summed E-state index contributed by atoms with van der Waals surface area (Å²) in [5.74, 6) is -0.688. The Morgan fingerprint density at radius 3 is 2.63 bits per heavy atom. The zero-order chi connectivity index (χ0) is 14.5. The lowest BCUT2D eigenvalue weighted by atomic mass is 10.4. The summed E-state index contributed by atoms with van der Waals surface area (Å²) in [6.07, 6.45) is 0.772. The second-order valence-corrected chi connectivity index (χ2v) is 7.21. The van der Waals surface area contributed by atoms with E-state index >= 15 is 0 Å². The van der Waals surface area contributed by atoms with Crippen molar-refractivity contribution in [2.24, 2.45) is 5.73 Å². The van der Waals surface area contributed by atoms with Gasteiger partial charge in [0.1, 0.15) is 4.21 Å². The fourth-order valence-corrected chi connectivity index (χ4v) is 4.31. The molecule has 1 rings (SSSR count). The molecule has 0 radical (unpaired) electrons. The summed E-state index contributed by atoms with van der Waals surface area (Å²) in [4.78, 5) is 12.0. The van der Waals surface area contributed by atoms with E-state index in [4.69, 9.17) is 10.5 Å². The lowest BCUT2D eigenvalue weighted by Crippen LogP contribution is -2.40. The van der Waals surface area contributed by atoms with Gasteiger partial charge >= 0.3 is 0 Å². The van der Waals surface area contributed by atoms with Crippen LogP contribution in [0.3, 0.4) is 0 Å². The maximum atomic E-state index is 12.4. The van der Waals surface area contributed by atoms with Crippen molar-refractivity contribution in [2.75, 3.05) is 26.8 Å². The number of thiophene rings is 1. The molecule has 19 heavy (non-hydrogen) atoms. The van der Waals surface area contributed by atoms with Crippen LogP contribution in [0.2, 0.25) is 0 Å². The standard InChI is InChI=1S/C11H18N2O4S2/c1-3-9-4-5-11(18-9)19(15,16)13(6-7-17-2)8-10(12)14/h4-5H,3,6-8H2,1-2H3,(H2,12,14). The molecule has 0 saturated heterocycles. The van der Waals surface area contributed by atoms with Gasteiger partial charge in [-0.3, -0.25) is 4.79 Å². The molecule has 108 valence electrons. The average Bonchev–Trinajstić information content (AvgIpc) is 2.83. The lowest BCUT2D eigenvalue weighted by Gasteiger charge is -2.19. The zero-order valence-electron chi connectivity index (χ0n) is 11.0. The summed E-state index contributed by atoms with van der Waals surface area (Å²) in [5.41, 5.74) is 5.09. The van der Waals surface area contributed by atoms with Crippen molar-refractivity contribution in [3.05, 3.63) is 17.0 Å². The highest BCUT2D eigenvalue weighted by molar-refractivity contribution is 7.91. The van der Waals surface area contributed by atoms with Gasteiger partial charge in [-0.05, 0) is 18.6 Å². The Kier molecular flexibility index (Phi) is 5.92. The maximum Gasteiger partial charge on any atom is 0.253 e. The SMILES string of the molecule is CCc1ccc(S(=O)(=O)N(CCOC)CC(N)=O)s1. The molecular formula is C11H18N2O4S2. The van der Waals surface area contributed by atoms with Crippen LogP contribution >= 0.6 is 11.3 Å². The van der Waals surface area contributed by atoms with Crippen molar-refractivity contribution in [3.8, 4) is 0 Å². The molecule has 0 aliphatic rings. The first-order valence-corrected chi connectivity index (χ1v) is 8.03. The second kappa shape index (κ2) is 6.99. The summed E-state index contributed by atoms with van der Waals surface area (Å²) in [7, 11) is -2.22. The van der Waals surface area contributed by atoms with E-state index in [1.54, 1.807) is 12.1 Å². The smallest absolute Gasteiger partial charge is 0.253 e. The molecule has 0 spiro atoms. The molecule has 0 aromatic carbocycles. The van der Waals surface area contributed by atoms with Gasteiger partial charge in [0.05, 0.1) is 13.2 Å². The van der Waals surface area contributed by atoms with Crippen LogP contribution in [-0.4, -0.2) is 45.4 Å². The Bertz CT molecular complexity index is 525. The molecule has 0 unspecified atom stereocenters. The predicted molar refractivity (Wildman–Crippen MR) is 73.5 cm³/mol. The third-order valence-electron chi connectivity index (χ3n) is 2.46. The Morgan fingerprint density at radius 2 is 2.16 bits per heavy atom. The van der Waals surface area contributed by atoms with Gasteiger partial charge in [0.15, 0.2) is 0 Å². The van der Waals surface area contributed by atoms with Crippen LogP contribution in [0.15, 0.2) is 16.3 Å². The normalized spacial score (nSPS) is 11.9. The quantitative estimate of drug-likeness (QED) is 0.754. The second-order valence-electron chi connectivity index (χ2n) is 3.87. The number of hydrogen-bond donors (Lipinski definition) is 1. The minimum absolute atomic E-state index is 0.0983. The lowest BCUT2D eigenvalue weighted by molar-refractivity contribution is -0.118. The third-order valence-corrected chi connectivity index (χ3v) is 6.00. The summed E-state index contributed by atoms with van der Waals surface area (Å²) in [6.45, 7) is 1.92. The monoisotopic (exact) mass is 306 g/mol. The van der Waals surface area contributed by atoms with Gasteiger partial charge in [0.25, 0.3) is 10.0 Å². The molecule has 2 N–H and O–H groups in total. The summed E-state index contributed by atoms with van der Waals surface area (Å²) >= 11 is 1.21. The molecular weight excluding hydrogens is 288 g/mol. The van der Waals surface area contributed by atoms with Crippen LogP contribution in [-0.2, 0) is 26.0 Å². The molecule has 0 aliphatic heterocycles. The van der Waals surface area contributed by atoms with Crippen LogP contribution in [0.5, 0.6) is 0 Å². The van der Waals surface area contributed by atoms with Crippen molar-refractivity contribution in [1.82, 2.24) is 4.31 Å². The van der Waals surface area contributed by atoms with E-state index in [9.17, 15) is 13.2 Å². The summed E-state index contributed by atoms with van der Waals surface area (Å²) in [5, 5.41) is 0. The molecule has 1 amide bonds. The van der Waals surface area contributed by atoms with Gasteiger partial charge in [0.2, 0.25) is 5.91 Å². The number of amides is 1. The van der Waals surface area contributed by atoms with Crippen molar-refractivity contribution < 1.29 is 17.9 Å². The number of nitrogens with zero attached hydrogens (tertiary/aromatic N) is 1. The van der Waals surface area contributed by atoms with E-state index < -0.39 is 15.9 Å². The number of rotatable bonds is 8. The third kappa shape index (κ3) is 4.27. The van der Waals surface area contributed by atoms with E-state index in [-0.39, 0.29) is 23.9 Å². The summed E-state index contributed by atoms with van der Waals surface area (Å²) in [6, 6.07) is 3.33.